The molecular formula is C9H15N3O3. The highest BCUT2D eigenvalue weighted by molar-refractivity contribution is 5.84. The van der Waals surface area contributed by atoms with Gasteiger partial charge in [-0.3, -0.25) is 4.68 Å². The van der Waals surface area contributed by atoms with E-state index in [2.05, 4.69) is 14.8 Å². The van der Waals surface area contributed by atoms with Gasteiger partial charge in [-0.15, -0.1) is 5.10 Å². The molecule has 0 unspecified atom stereocenters. The van der Waals surface area contributed by atoms with E-state index in [0.717, 1.165) is 26.0 Å². The highest BCUT2D eigenvalue weighted by Gasteiger charge is 2.10. The van der Waals surface area contributed by atoms with Crippen LogP contribution in [-0.2, 0) is 16.0 Å². The fourth-order valence-electron chi connectivity index (χ4n) is 1.11. The minimum absolute atomic E-state index is 0.101. The highest BCUT2D eigenvalue weighted by atomic mass is 16.5. The molecule has 0 aliphatic carbocycles. The largest absolute Gasteiger partial charge is 0.463 e. The maximum atomic E-state index is 11.0. The SMILES string of the molecule is COCCCCn1cnc(C(=O)OC)n1. The van der Waals surface area contributed by atoms with Crippen LogP contribution in [-0.4, -0.2) is 41.6 Å². The summed E-state index contributed by atoms with van der Waals surface area (Å²) in [6, 6.07) is 0. The average molecular weight is 213 g/mol. The number of methoxy groups -OCH3 is 2. The van der Waals surface area contributed by atoms with Crippen LogP contribution in [0.2, 0.25) is 0 Å². The summed E-state index contributed by atoms with van der Waals surface area (Å²) in [6.07, 6.45) is 3.43. The van der Waals surface area contributed by atoms with Crippen molar-refractivity contribution in [2.24, 2.45) is 0 Å². The second-order valence-corrected chi connectivity index (χ2v) is 3.02. The Hall–Kier alpha value is -1.43. The molecule has 0 bridgehead atoms. The van der Waals surface area contributed by atoms with Gasteiger partial charge in [0.1, 0.15) is 6.33 Å². The molecule has 1 aromatic heterocycles. The van der Waals surface area contributed by atoms with Gasteiger partial charge in [-0.1, -0.05) is 0 Å². The smallest absolute Gasteiger partial charge is 0.377 e. The Morgan fingerprint density at radius 2 is 2.27 bits per heavy atom. The molecule has 0 fully saturated rings. The Morgan fingerprint density at radius 3 is 2.93 bits per heavy atom. The van der Waals surface area contributed by atoms with Gasteiger partial charge < -0.3 is 9.47 Å². The summed E-state index contributed by atoms with van der Waals surface area (Å²) in [5.41, 5.74) is 0. The Balaban J connectivity index is 2.36. The first-order chi connectivity index (χ1) is 7.27. The van der Waals surface area contributed by atoms with Gasteiger partial charge in [0.05, 0.1) is 7.11 Å². The van der Waals surface area contributed by atoms with Gasteiger partial charge >= 0.3 is 5.97 Å². The third kappa shape index (κ3) is 3.67. The average Bonchev–Trinajstić information content (AvgIpc) is 2.72. The summed E-state index contributed by atoms with van der Waals surface area (Å²) in [5, 5.41) is 3.97. The zero-order valence-electron chi connectivity index (χ0n) is 8.97. The number of esters is 1. The van der Waals surface area contributed by atoms with Gasteiger partial charge in [0.2, 0.25) is 0 Å². The van der Waals surface area contributed by atoms with E-state index in [1.54, 1.807) is 11.8 Å². The van der Waals surface area contributed by atoms with Crippen molar-refractivity contribution in [2.75, 3.05) is 20.8 Å². The number of nitrogens with zero attached hydrogens (tertiary/aromatic N) is 3. The first kappa shape index (κ1) is 11.6. The van der Waals surface area contributed by atoms with Gasteiger partial charge in [0, 0.05) is 20.3 Å². The number of hydrogen-bond acceptors (Lipinski definition) is 5. The van der Waals surface area contributed by atoms with Crippen LogP contribution in [0, 0.1) is 0 Å². The molecule has 1 rings (SSSR count). The summed E-state index contributed by atoms with van der Waals surface area (Å²) in [7, 11) is 2.98. The molecule has 0 radical (unpaired) electrons. The Bertz CT molecular complexity index is 311. The van der Waals surface area contributed by atoms with Crippen molar-refractivity contribution in [3.8, 4) is 0 Å². The summed E-state index contributed by atoms with van der Waals surface area (Å²) in [5.74, 6) is -0.408. The van der Waals surface area contributed by atoms with Crippen molar-refractivity contribution in [1.82, 2.24) is 14.8 Å². The standard InChI is InChI=1S/C9H15N3O3/c1-14-6-4-3-5-12-7-10-8(11-12)9(13)15-2/h7H,3-6H2,1-2H3. The molecular weight excluding hydrogens is 198 g/mol. The molecule has 6 nitrogen and oxygen atoms in total. The minimum atomic E-state index is -0.509. The highest BCUT2D eigenvalue weighted by Crippen LogP contribution is 1.96. The lowest BCUT2D eigenvalue weighted by Crippen LogP contribution is -2.06. The van der Waals surface area contributed by atoms with E-state index in [0.29, 0.717) is 0 Å². The maximum absolute atomic E-state index is 11.0. The van der Waals surface area contributed by atoms with E-state index in [9.17, 15) is 4.79 Å². The lowest BCUT2D eigenvalue weighted by atomic mass is 10.3. The normalized spacial score (nSPS) is 10.3. The lowest BCUT2D eigenvalue weighted by Gasteiger charge is -1.99. The van der Waals surface area contributed by atoms with Gasteiger partial charge in [0.15, 0.2) is 0 Å². The second kappa shape index (κ2) is 6.13. The third-order valence-electron chi connectivity index (χ3n) is 1.89. The number of carbonyl (C=O) groups excluding carboxylic acids is 1. The van der Waals surface area contributed by atoms with E-state index in [1.165, 1.54) is 13.4 Å². The fraction of sp³-hybridized carbons (Fsp3) is 0.667. The van der Waals surface area contributed by atoms with Crippen LogP contribution < -0.4 is 0 Å². The third-order valence-corrected chi connectivity index (χ3v) is 1.89. The summed E-state index contributed by atoms with van der Waals surface area (Å²) in [6.45, 7) is 1.46. The first-order valence-corrected chi connectivity index (χ1v) is 4.74. The van der Waals surface area contributed by atoms with Gasteiger partial charge in [0.25, 0.3) is 5.82 Å². The van der Waals surface area contributed by atoms with Crippen LogP contribution >= 0.6 is 0 Å². The molecule has 0 saturated heterocycles. The van der Waals surface area contributed by atoms with E-state index < -0.39 is 5.97 Å². The van der Waals surface area contributed by atoms with E-state index in [4.69, 9.17) is 4.74 Å². The van der Waals surface area contributed by atoms with Crippen molar-refractivity contribution < 1.29 is 14.3 Å². The van der Waals surface area contributed by atoms with Crippen LogP contribution in [0.15, 0.2) is 6.33 Å². The molecule has 84 valence electrons. The lowest BCUT2D eigenvalue weighted by molar-refractivity contribution is 0.0586. The van der Waals surface area contributed by atoms with Crippen LogP contribution in [0.25, 0.3) is 0 Å². The van der Waals surface area contributed by atoms with Gasteiger partial charge in [-0.25, -0.2) is 9.78 Å². The van der Waals surface area contributed by atoms with E-state index in [1.807, 2.05) is 0 Å². The fourth-order valence-corrected chi connectivity index (χ4v) is 1.11. The summed E-state index contributed by atoms with van der Waals surface area (Å²) < 4.78 is 11.0. The molecule has 0 aliphatic heterocycles. The number of ether oxygens (including phenoxy) is 2. The molecule has 0 N–H and O–H groups in total. The molecule has 0 aromatic carbocycles. The summed E-state index contributed by atoms with van der Waals surface area (Å²) >= 11 is 0. The molecule has 1 heterocycles. The maximum Gasteiger partial charge on any atom is 0.377 e. The predicted molar refractivity (Wildman–Crippen MR) is 52.5 cm³/mol. The van der Waals surface area contributed by atoms with Crippen molar-refractivity contribution >= 4 is 5.97 Å². The molecule has 0 amide bonds. The van der Waals surface area contributed by atoms with Crippen LogP contribution in [0.3, 0.4) is 0 Å². The Labute approximate surface area is 88.2 Å². The van der Waals surface area contributed by atoms with Crippen molar-refractivity contribution in [2.45, 2.75) is 19.4 Å². The Kier molecular flexibility index (Phi) is 4.76. The molecule has 0 aliphatic rings. The number of unbranched alkanes of at least 4 members (excludes halogenated alkanes) is 1. The monoisotopic (exact) mass is 213 g/mol. The number of aryl methyl sites for hydroxylation is 1. The number of hydrogen-bond donors (Lipinski definition) is 0. The van der Waals surface area contributed by atoms with E-state index in [-0.39, 0.29) is 5.82 Å². The molecule has 15 heavy (non-hydrogen) atoms. The second-order valence-electron chi connectivity index (χ2n) is 3.02. The minimum Gasteiger partial charge on any atom is -0.463 e. The van der Waals surface area contributed by atoms with Crippen molar-refractivity contribution in [1.29, 1.82) is 0 Å². The zero-order chi connectivity index (χ0) is 11.1. The molecule has 0 atom stereocenters. The quantitative estimate of drug-likeness (QED) is 0.508. The topological polar surface area (TPSA) is 66.2 Å². The van der Waals surface area contributed by atoms with Crippen molar-refractivity contribution in [3.63, 3.8) is 0 Å². The number of rotatable bonds is 6. The van der Waals surface area contributed by atoms with Gasteiger partial charge in [-0.2, -0.15) is 0 Å². The number of aromatic nitrogens is 3. The van der Waals surface area contributed by atoms with Crippen molar-refractivity contribution in [3.05, 3.63) is 12.2 Å². The van der Waals surface area contributed by atoms with E-state index >= 15 is 0 Å². The zero-order valence-corrected chi connectivity index (χ0v) is 8.97. The van der Waals surface area contributed by atoms with Gasteiger partial charge in [-0.05, 0) is 12.8 Å². The predicted octanol–water partition coefficient (Wildman–Crippen LogP) is 0.491. The summed E-state index contributed by atoms with van der Waals surface area (Å²) in [4.78, 5) is 14.9. The number of carbonyl (C=O) groups is 1. The van der Waals surface area contributed by atoms with Crippen LogP contribution in [0.4, 0.5) is 0 Å². The Morgan fingerprint density at radius 1 is 1.47 bits per heavy atom. The van der Waals surface area contributed by atoms with Crippen LogP contribution in [0.1, 0.15) is 23.5 Å². The molecule has 0 spiro atoms. The van der Waals surface area contributed by atoms with Crippen LogP contribution in [0.5, 0.6) is 0 Å². The molecule has 0 saturated carbocycles. The first-order valence-electron chi connectivity index (χ1n) is 4.74. The molecule has 1 aromatic rings. The molecule has 6 heteroatoms.